The molecule has 0 fully saturated rings. The van der Waals surface area contributed by atoms with E-state index in [9.17, 15) is 14.7 Å². The number of hydrogen-bond donors (Lipinski definition) is 2. The highest BCUT2D eigenvalue weighted by Crippen LogP contribution is 2.31. The summed E-state index contributed by atoms with van der Waals surface area (Å²) in [5, 5.41) is 11.9. The molecule has 1 unspecified atom stereocenters. The number of carbonyl (C=O) groups excluding carboxylic acids is 1. The zero-order valence-corrected chi connectivity index (χ0v) is 15.9. The summed E-state index contributed by atoms with van der Waals surface area (Å²) >= 11 is 1.39. The van der Waals surface area contributed by atoms with Crippen LogP contribution in [-0.2, 0) is 4.79 Å². The van der Waals surface area contributed by atoms with E-state index in [1.165, 1.54) is 11.8 Å². The molecule has 0 radical (unpaired) electrons. The molecule has 1 aromatic rings. The van der Waals surface area contributed by atoms with E-state index >= 15 is 0 Å². The Kier molecular flexibility index (Phi) is 7.73. The summed E-state index contributed by atoms with van der Waals surface area (Å²) in [7, 11) is 0. The van der Waals surface area contributed by atoms with Gasteiger partial charge >= 0.3 is 5.97 Å². The summed E-state index contributed by atoms with van der Waals surface area (Å²) < 4.78 is 0. The van der Waals surface area contributed by atoms with Gasteiger partial charge in [0.2, 0.25) is 0 Å². The third-order valence-corrected chi connectivity index (χ3v) is 5.30. The Hall–Kier alpha value is -1.56. The second-order valence-electron chi connectivity index (χ2n) is 7.43. The van der Waals surface area contributed by atoms with Crippen LogP contribution in [0.1, 0.15) is 51.5 Å². The Balaban J connectivity index is 2.75. The largest absolute Gasteiger partial charge is 0.480 e. The first-order valence-electron chi connectivity index (χ1n) is 8.17. The van der Waals surface area contributed by atoms with E-state index in [0.717, 1.165) is 6.42 Å². The van der Waals surface area contributed by atoms with Gasteiger partial charge in [0, 0.05) is 18.0 Å². The Bertz CT molecular complexity index is 541. The minimum atomic E-state index is -0.813. The number of carbonyl (C=O) groups is 2. The van der Waals surface area contributed by atoms with Crippen molar-refractivity contribution < 1.29 is 14.7 Å². The molecule has 0 bridgehead atoms. The van der Waals surface area contributed by atoms with Gasteiger partial charge in [-0.15, -0.1) is 11.8 Å². The van der Waals surface area contributed by atoms with Gasteiger partial charge < -0.3 is 10.4 Å². The van der Waals surface area contributed by atoms with E-state index in [1.807, 2.05) is 20.8 Å². The van der Waals surface area contributed by atoms with Crippen LogP contribution in [0.5, 0.6) is 0 Å². The summed E-state index contributed by atoms with van der Waals surface area (Å²) in [4.78, 5) is 27.9. The quantitative estimate of drug-likeness (QED) is 0.749. The Labute approximate surface area is 148 Å². The minimum absolute atomic E-state index is 0.0892. The van der Waals surface area contributed by atoms with Gasteiger partial charge in [0.05, 0.1) is 0 Å². The average Bonchev–Trinajstić information content (AvgIpc) is 2.45. The highest BCUT2D eigenvalue weighted by molar-refractivity contribution is 8.00. The average molecular weight is 353 g/mol. The summed E-state index contributed by atoms with van der Waals surface area (Å²) in [6.07, 6.45) is 2.38. The smallest absolute Gasteiger partial charge is 0.317 e. The van der Waals surface area contributed by atoms with Crippen molar-refractivity contribution in [3.8, 4) is 0 Å². The van der Waals surface area contributed by atoms with Crippen LogP contribution in [0.4, 0.5) is 0 Å². The molecular weight excluding hydrogens is 324 g/mol. The van der Waals surface area contributed by atoms with E-state index in [0.29, 0.717) is 17.4 Å². The monoisotopic (exact) mass is 352 g/mol. The molecule has 0 aliphatic carbocycles. The number of thioether (sulfide) groups is 1. The number of rotatable bonds is 8. The van der Waals surface area contributed by atoms with Crippen molar-refractivity contribution in [1.29, 1.82) is 0 Å². The second-order valence-corrected chi connectivity index (χ2v) is 8.57. The highest BCUT2D eigenvalue weighted by atomic mass is 32.2. The lowest BCUT2D eigenvalue weighted by Gasteiger charge is -2.28. The van der Waals surface area contributed by atoms with E-state index in [2.05, 4.69) is 24.1 Å². The van der Waals surface area contributed by atoms with Gasteiger partial charge in [-0.2, -0.15) is 0 Å². The molecular formula is C18H28N2O3S. The first-order chi connectivity index (χ1) is 11.1. The van der Waals surface area contributed by atoms with Crippen molar-refractivity contribution in [3.63, 3.8) is 0 Å². The number of aromatic nitrogens is 1. The van der Waals surface area contributed by atoms with E-state index in [1.54, 1.807) is 24.4 Å². The molecule has 0 saturated heterocycles. The standard InChI is InChI=1S/C18H28N2O3S/c1-12(2)10-13(11-24-15(17(22)23)18(3,4)5)20-16(21)14-8-6-7-9-19-14/h6-9,12-13,15H,10-11H2,1-5H3,(H,20,21)(H,22,23)/t13?,15-/m1/s1. The lowest BCUT2D eigenvalue weighted by Crippen LogP contribution is -2.40. The SMILES string of the molecule is CC(C)CC(CS[C@H](C(=O)O)C(C)(C)C)NC(=O)c1ccccn1. The van der Waals surface area contributed by atoms with Crippen LogP contribution in [0, 0.1) is 11.3 Å². The van der Waals surface area contributed by atoms with Gasteiger partial charge in [0.1, 0.15) is 10.9 Å². The van der Waals surface area contributed by atoms with Gasteiger partial charge in [-0.3, -0.25) is 14.6 Å². The Morgan fingerprint density at radius 1 is 1.29 bits per heavy atom. The molecule has 24 heavy (non-hydrogen) atoms. The van der Waals surface area contributed by atoms with Crippen molar-refractivity contribution in [2.75, 3.05) is 5.75 Å². The second kappa shape index (κ2) is 9.06. The molecule has 1 rings (SSSR count). The van der Waals surface area contributed by atoms with Crippen LogP contribution in [0.2, 0.25) is 0 Å². The van der Waals surface area contributed by atoms with Crippen LogP contribution in [0.25, 0.3) is 0 Å². The molecule has 1 amide bonds. The summed E-state index contributed by atoms with van der Waals surface area (Å²) in [6, 6.07) is 5.12. The van der Waals surface area contributed by atoms with Gasteiger partial charge in [-0.1, -0.05) is 40.7 Å². The number of hydrogen-bond acceptors (Lipinski definition) is 4. The predicted molar refractivity (Wildman–Crippen MR) is 98.3 cm³/mol. The maximum absolute atomic E-state index is 12.3. The zero-order valence-electron chi connectivity index (χ0n) is 15.1. The number of nitrogens with one attached hydrogen (secondary N) is 1. The summed E-state index contributed by atoms with van der Waals surface area (Å²) in [5.74, 6) is -0.0702. The number of nitrogens with zero attached hydrogens (tertiary/aromatic N) is 1. The maximum atomic E-state index is 12.3. The minimum Gasteiger partial charge on any atom is -0.480 e. The van der Waals surface area contributed by atoms with Crippen molar-refractivity contribution >= 4 is 23.6 Å². The van der Waals surface area contributed by atoms with Crippen LogP contribution < -0.4 is 5.32 Å². The Morgan fingerprint density at radius 3 is 2.42 bits per heavy atom. The van der Waals surface area contributed by atoms with Crippen LogP contribution >= 0.6 is 11.8 Å². The highest BCUT2D eigenvalue weighted by Gasteiger charge is 2.32. The van der Waals surface area contributed by atoms with E-state index in [4.69, 9.17) is 0 Å². The van der Waals surface area contributed by atoms with Gasteiger partial charge in [0.25, 0.3) is 5.91 Å². The summed E-state index contributed by atoms with van der Waals surface area (Å²) in [5.41, 5.74) is 0.0333. The molecule has 1 aromatic heterocycles. The van der Waals surface area contributed by atoms with Crippen LogP contribution in [-0.4, -0.2) is 39.0 Å². The zero-order chi connectivity index (χ0) is 18.3. The molecule has 0 spiro atoms. The molecule has 2 atom stereocenters. The molecule has 6 heteroatoms. The van der Waals surface area contributed by atoms with Gasteiger partial charge in [0.15, 0.2) is 0 Å². The molecule has 2 N–H and O–H groups in total. The number of aliphatic carboxylic acids is 1. The van der Waals surface area contributed by atoms with Crippen molar-refractivity contribution in [2.24, 2.45) is 11.3 Å². The number of carboxylic acids is 1. The molecule has 0 saturated carbocycles. The van der Waals surface area contributed by atoms with Crippen molar-refractivity contribution in [1.82, 2.24) is 10.3 Å². The third-order valence-electron chi connectivity index (χ3n) is 3.46. The molecule has 5 nitrogen and oxygen atoms in total. The summed E-state index contributed by atoms with van der Waals surface area (Å²) in [6.45, 7) is 9.93. The van der Waals surface area contributed by atoms with Gasteiger partial charge in [-0.05, 0) is 29.9 Å². The van der Waals surface area contributed by atoms with Crippen LogP contribution in [0.15, 0.2) is 24.4 Å². The number of carboxylic acid groups (broad SMARTS) is 1. The predicted octanol–water partition coefficient (Wildman–Crippen LogP) is 3.46. The van der Waals surface area contributed by atoms with E-state index in [-0.39, 0.29) is 17.4 Å². The van der Waals surface area contributed by atoms with Crippen molar-refractivity contribution in [2.45, 2.75) is 52.3 Å². The topological polar surface area (TPSA) is 79.3 Å². The molecule has 0 aromatic carbocycles. The molecule has 1 heterocycles. The first-order valence-corrected chi connectivity index (χ1v) is 9.22. The lowest BCUT2D eigenvalue weighted by atomic mass is 9.92. The third kappa shape index (κ3) is 6.91. The first kappa shape index (κ1) is 20.5. The fraction of sp³-hybridized carbons (Fsp3) is 0.611. The van der Waals surface area contributed by atoms with E-state index < -0.39 is 11.2 Å². The van der Waals surface area contributed by atoms with Crippen LogP contribution in [0.3, 0.4) is 0 Å². The molecule has 134 valence electrons. The lowest BCUT2D eigenvalue weighted by molar-refractivity contribution is -0.138. The maximum Gasteiger partial charge on any atom is 0.317 e. The van der Waals surface area contributed by atoms with Gasteiger partial charge in [-0.25, -0.2) is 0 Å². The number of amides is 1. The normalized spacial score (nSPS) is 14.2. The fourth-order valence-corrected chi connectivity index (χ4v) is 3.68. The molecule has 0 aliphatic rings. The molecule has 0 aliphatic heterocycles. The number of pyridine rings is 1. The fourth-order valence-electron chi connectivity index (χ4n) is 2.40. The Morgan fingerprint density at radius 2 is 1.96 bits per heavy atom. The van der Waals surface area contributed by atoms with Crippen molar-refractivity contribution in [3.05, 3.63) is 30.1 Å².